The Morgan fingerprint density at radius 1 is 1.64 bits per heavy atom. The minimum atomic E-state index is -0.481. The lowest BCUT2D eigenvalue weighted by Crippen LogP contribution is -2.13. The summed E-state index contributed by atoms with van der Waals surface area (Å²) < 4.78 is 12.8. The summed E-state index contributed by atoms with van der Waals surface area (Å²) in [4.78, 5) is 10.8. The minimum Gasteiger partial charge on any atom is -0.324 e. The molecule has 0 fully saturated rings. The van der Waals surface area contributed by atoms with Crippen molar-refractivity contribution in [2.45, 2.75) is 19.4 Å². The molecule has 1 aromatic rings. The molecule has 2 N–H and O–H groups in total. The molecular weight excluding hydrogens is 205 g/mol. The van der Waals surface area contributed by atoms with Gasteiger partial charge in [-0.25, -0.2) is 4.39 Å². The summed E-state index contributed by atoms with van der Waals surface area (Å²) in [6.45, 7) is 1.46. The Morgan fingerprint density at radius 2 is 2.29 bits per heavy atom. The monoisotopic (exact) mass is 215 g/mol. The quantitative estimate of drug-likeness (QED) is 0.842. The van der Waals surface area contributed by atoms with Crippen molar-refractivity contribution >= 4 is 17.4 Å². The van der Waals surface area contributed by atoms with E-state index in [2.05, 4.69) is 0 Å². The Kier molecular flexibility index (Phi) is 3.61. The van der Waals surface area contributed by atoms with E-state index < -0.39 is 11.9 Å². The lowest BCUT2D eigenvalue weighted by molar-refractivity contribution is -0.117. The summed E-state index contributed by atoms with van der Waals surface area (Å²) in [7, 11) is 0. The van der Waals surface area contributed by atoms with Gasteiger partial charge in [0, 0.05) is 12.5 Å². The second-order valence-corrected chi connectivity index (χ2v) is 3.59. The van der Waals surface area contributed by atoms with Gasteiger partial charge in [0.1, 0.15) is 11.6 Å². The summed E-state index contributed by atoms with van der Waals surface area (Å²) in [6, 6.07) is 3.82. The number of benzene rings is 1. The molecule has 0 spiro atoms. The normalized spacial score (nSPS) is 12.6. The molecule has 0 aliphatic rings. The van der Waals surface area contributed by atoms with Crippen molar-refractivity contribution in [3.8, 4) is 0 Å². The minimum absolute atomic E-state index is 0.00190. The van der Waals surface area contributed by atoms with E-state index in [1.54, 1.807) is 0 Å². The van der Waals surface area contributed by atoms with Crippen LogP contribution in [0.15, 0.2) is 18.2 Å². The largest absolute Gasteiger partial charge is 0.324 e. The number of Topliss-reactive ketones (excluding diaryl/α,β-unsaturated/α-hetero) is 1. The first-order chi connectivity index (χ1) is 6.50. The Hall–Kier alpha value is -0.930. The van der Waals surface area contributed by atoms with Crippen molar-refractivity contribution in [3.63, 3.8) is 0 Å². The van der Waals surface area contributed by atoms with Crippen LogP contribution < -0.4 is 5.73 Å². The van der Waals surface area contributed by atoms with E-state index in [-0.39, 0.29) is 17.2 Å². The van der Waals surface area contributed by atoms with Crippen molar-refractivity contribution < 1.29 is 9.18 Å². The van der Waals surface area contributed by atoms with Crippen LogP contribution in [-0.4, -0.2) is 5.78 Å². The lowest BCUT2D eigenvalue weighted by Gasteiger charge is -2.10. The number of hydrogen-bond donors (Lipinski definition) is 1. The predicted molar refractivity (Wildman–Crippen MR) is 53.6 cm³/mol. The van der Waals surface area contributed by atoms with Gasteiger partial charge >= 0.3 is 0 Å². The molecule has 2 nitrogen and oxygen atoms in total. The molecule has 4 heteroatoms. The van der Waals surface area contributed by atoms with Crippen LogP contribution in [0.25, 0.3) is 0 Å². The second kappa shape index (κ2) is 4.53. The van der Waals surface area contributed by atoms with Gasteiger partial charge < -0.3 is 5.73 Å². The molecule has 14 heavy (non-hydrogen) atoms. The lowest BCUT2D eigenvalue weighted by atomic mass is 10.0. The van der Waals surface area contributed by atoms with Crippen LogP contribution in [0.4, 0.5) is 4.39 Å². The van der Waals surface area contributed by atoms with Gasteiger partial charge in [-0.3, -0.25) is 4.79 Å². The molecule has 0 aliphatic carbocycles. The maximum absolute atomic E-state index is 12.8. The Balaban J connectivity index is 2.85. The van der Waals surface area contributed by atoms with Crippen LogP contribution in [-0.2, 0) is 4.79 Å². The molecule has 76 valence electrons. The third-order valence-corrected chi connectivity index (χ3v) is 2.17. The maximum Gasteiger partial charge on any atom is 0.141 e. The first-order valence-electron chi connectivity index (χ1n) is 4.20. The van der Waals surface area contributed by atoms with E-state index >= 15 is 0 Å². The van der Waals surface area contributed by atoms with Gasteiger partial charge in [0.05, 0.1) is 5.02 Å². The highest BCUT2D eigenvalue weighted by Crippen LogP contribution is 2.21. The van der Waals surface area contributed by atoms with E-state index in [9.17, 15) is 9.18 Å². The van der Waals surface area contributed by atoms with Crippen LogP contribution in [0.2, 0.25) is 5.02 Å². The maximum atomic E-state index is 12.8. The van der Waals surface area contributed by atoms with E-state index in [0.717, 1.165) is 0 Å². The van der Waals surface area contributed by atoms with E-state index in [1.807, 2.05) is 0 Å². The number of ketones is 1. The summed E-state index contributed by atoms with van der Waals surface area (Å²) in [5, 5.41) is 0.0292. The van der Waals surface area contributed by atoms with E-state index in [0.29, 0.717) is 5.56 Å². The zero-order valence-corrected chi connectivity index (χ0v) is 8.51. The van der Waals surface area contributed by atoms with Gasteiger partial charge in [-0.15, -0.1) is 0 Å². The number of hydrogen-bond acceptors (Lipinski definition) is 2. The summed E-state index contributed by atoms with van der Waals surface area (Å²) in [5.74, 6) is -0.483. The molecule has 0 aromatic heterocycles. The van der Waals surface area contributed by atoms with Gasteiger partial charge in [-0.05, 0) is 24.6 Å². The highest BCUT2D eigenvalue weighted by Gasteiger charge is 2.10. The summed E-state index contributed by atoms with van der Waals surface area (Å²) >= 11 is 5.58. The molecule has 1 unspecified atom stereocenters. The van der Waals surface area contributed by atoms with Crippen molar-refractivity contribution in [1.29, 1.82) is 0 Å². The topological polar surface area (TPSA) is 43.1 Å². The van der Waals surface area contributed by atoms with E-state index in [1.165, 1.54) is 25.1 Å². The van der Waals surface area contributed by atoms with Crippen LogP contribution in [0.1, 0.15) is 24.9 Å². The zero-order chi connectivity index (χ0) is 10.7. The molecular formula is C10H11ClFNO. The van der Waals surface area contributed by atoms with Crippen molar-refractivity contribution in [2.24, 2.45) is 5.73 Å². The fraction of sp³-hybridized carbons (Fsp3) is 0.300. The highest BCUT2D eigenvalue weighted by molar-refractivity contribution is 6.30. The molecule has 0 amide bonds. The third-order valence-electron chi connectivity index (χ3n) is 1.88. The molecule has 1 atom stereocenters. The number of rotatable bonds is 3. The summed E-state index contributed by atoms with van der Waals surface area (Å²) in [6.07, 6.45) is 0.238. The van der Waals surface area contributed by atoms with Crippen LogP contribution >= 0.6 is 11.6 Å². The van der Waals surface area contributed by atoms with Gasteiger partial charge in [0.25, 0.3) is 0 Å². The number of halogens is 2. The fourth-order valence-electron chi connectivity index (χ4n) is 1.17. The van der Waals surface area contributed by atoms with Crippen LogP contribution in [0.3, 0.4) is 0 Å². The highest BCUT2D eigenvalue weighted by atomic mass is 35.5. The van der Waals surface area contributed by atoms with Crippen molar-refractivity contribution in [2.75, 3.05) is 0 Å². The molecule has 0 aliphatic heterocycles. The molecule has 0 bridgehead atoms. The van der Waals surface area contributed by atoms with Crippen molar-refractivity contribution in [3.05, 3.63) is 34.6 Å². The average Bonchev–Trinajstić information content (AvgIpc) is 2.08. The fourth-order valence-corrected chi connectivity index (χ4v) is 1.36. The molecule has 0 radical (unpaired) electrons. The number of carbonyl (C=O) groups excluding carboxylic acids is 1. The van der Waals surface area contributed by atoms with Crippen LogP contribution in [0, 0.1) is 5.82 Å². The first-order valence-corrected chi connectivity index (χ1v) is 4.58. The first kappa shape index (κ1) is 11.1. The molecule has 0 saturated carbocycles. The Morgan fingerprint density at radius 3 is 2.79 bits per heavy atom. The molecule has 1 aromatic carbocycles. The Bertz CT molecular complexity index is 354. The van der Waals surface area contributed by atoms with Gasteiger partial charge in [-0.2, -0.15) is 0 Å². The molecule has 0 heterocycles. The smallest absolute Gasteiger partial charge is 0.141 e. The van der Waals surface area contributed by atoms with Crippen LogP contribution in [0.5, 0.6) is 0 Å². The standard InChI is InChI=1S/C10H11ClFNO/c1-6(14)4-10(13)7-2-3-9(12)8(11)5-7/h2-3,5,10H,4,13H2,1H3. The predicted octanol–water partition coefficient (Wildman–Crippen LogP) is 2.46. The third kappa shape index (κ3) is 2.79. The van der Waals surface area contributed by atoms with Gasteiger partial charge in [-0.1, -0.05) is 17.7 Å². The zero-order valence-electron chi connectivity index (χ0n) is 7.76. The van der Waals surface area contributed by atoms with E-state index in [4.69, 9.17) is 17.3 Å². The average molecular weight is 216 g/mol. The number of carbonyl (C=O) groups is 1. The van der Waals surface area contributed by atoms with Gasteiger partial charge in [0.15, 0.2) is 0 Å². The second-order valence-electron chi connectivity index (χ2n) is 3.19. The summed E-state index contributed by atoms with van der Waals surface area (Å²) in [5.41, 5.74) is 6.39. The molecule has 1 rings (SSSR count). The van der Waals surface area contributed by atoms with Gasteiger partial charge in [0.2, 0.25) is 0 Å². The SMILES string of the molecule is CC(=O)CC(N)c1ccc(F)c(Cl)c1. The Labute approximate surface area is 86.9 Å². The van der Waals surface area contributed by atoms with Crippen molar-refractivity contribution in [1.82, 2.24) is 0 Å². The number of nitrogens with two attached hydrogens (primary N) is 1. The molecule has 0 saturated heterocycles.